The molecule has 6 heteroatoms. The molecule has 152 valence electrons. The molecule has 26 heavy (non-hydrogen) atoms. The Morgan fingerprint density at radius 3 is 0.731 bits per heavy atom. The molecule has 0 bridgehead atoms. The van der Waals surface area contributed by atoms with E-state index in [4.69, 9.17) is 11.2 Å². The SMILES string of the molecule is ClP(N1CCCCC1)(N1CCCCC1)(N1CCCCC1)N1CCCCC1. The average molecular weight is 403 g/mol. The van der Waals surface area contributed by atoms with Gasteiger partial charge in [-0.15, -0.1) is 0 Å². The third kappa shape index (κ3) is 3.27. The average Bonchev–Trinajstić information content (AvgIpc) is 2.76. The molecule has 4 saturated heterocycles. The third-order valence-electron chi connectivity index (χ3n) is 7.28. The molecule has 4 fully saturated rings. The van der Waals surface area contributed by atoms with Crippen molar-refractivity contribution in [1.29, 1.82) is 0 Å². The first-order valence-corrected chi connectivity index (χ1v) is 14.5. The number of hydrogen-bond acceptors (Lipinski definition) is 4. The van der Waals surface area contributed by atoms with Gasteiger partial charge in [0.15, 0.2) is 0 Å². The van der Waals surface area contributed by atoms with Crippen molar-refractivity contribution in [3.05, 3.63) is 0 Å². The Bertz CT molecular complexity index is 369. The van der Waals surface area contributed by atoms with E-state index in [-0.39, 0.29) is 0 Å². The standard InChI is InChI=1S/C20H40ClN4P/c21-26(22-13-5-1-6-14-22,23-15-7-2-8-16-23,24-17-9-3-10-18-24)25-19-11-4-12-20-25/h1-20H2. The molecule has 0 aliphatic carbocycles. The van der Waals surface area contributed by atoms with Crippen LogP contribution in [-0.4, -0.2) is 71.0 Å². The second-order valence-electron chi connectivity index (χ2n) is 8.90. The van der Waals surface area contributed by atoms with Crippen molar-refractivity contribution in [3.63, 3.8) is 0 Å². The Morgan fingerprint density at radius 1 is 0.346 bits per heavy atom. The van der Waals surface area contributed by atoms with Gasteiger partial charge in [0.1, 0.15) is 0 Å². The van der Waals surface area contributed by atoms with Gasteiger partial charge in [-0.2, -0.15) is 0 Å². The van der Waals surface area contributed by atoms with Crippen LogP contribution in [-0.2, 0) is 0 Å². The molecule has 0 amide bonds. The summed E-state index contributed by atoms with van der Waals surface area (Å²) in [5.74, 6) is 0. The summed E-state index contributed by atoms with van der Waals surface area (Å²) >= 11 is 8.35. The minimum atomic E-state index is -2.90. The zero-order chi connectivity index (χ0) is 17.9. The van der Waals surface area contributed by atoms with Crippen molar-refractivity contribution in [2.45, 2.75) is 77.0 Å². The normalized spacial score (nSPS) is 30.7. The van der Waals surface area contributed by atoms with Crippen LogP contribution in [0.5, 0.6) is 0 Å². The van der Waals surface area contributed by atoms with Gasteiger partial charge in [-0.25, -0.2) is 0 Å². The molecular weight excluding hydrogens is 363 g/mol. The molecule has 4 aliphatic rings. The van der Waals surface area contributed by atoms with Crippen LogP contribution >= 0.6 is 17.8 Å². The van der Waals surface area contributed by atoms with Crippen LogP contribution in [0.2, 0.25) is 0 Å². The van der Waals surface area contributed by atoms with Gasteiger partial charge < -0.3 is 0 Å². The summed E-state index contributed by atoms with van der Waals surface area (Å²) < 4.78 is 11.4. The predicted molar refractivity (Wildman–Crippen MR) is 114 cm³/mol. The van der Waals surface area contributed by atoms with Crippen molar-refractivity contribution in [3.8, 4) is 0 Å². The topological polar surface area (TPSA) is 13.0 Å². The van der Waals surface area contributed by atoms with Crippen molar-refractivity contribution >= 4 is 17.8 Å². The summed E-state index contributed by atoms with van der Waals surface area (Å²) in [6, 6.07) is 0. The molecule has 0 aromatic heterocycles. The second-order valence-corrected chi connectivity index (χ2v) is 14.7. The van der Waals surface area contributed by atoms with E-state index in [1.807, 2.05) is 0 Å². The summed E-state index contributed by atoms with van der Waals surface area (Å²) in [6.07, 6.45) is 16.2. The molecule has 4 heterocycles. The van der Waals surface area contributed by atoms with Gasteiger partial charge >= 0.3 is 166 Å². The van der Waals surface area contributed by atoms with Gasteiger partial charge in [-0.05, 0) is 0 Å². The zero-order valence-corrected chi connectivity index (χ0v) is 18.4. The summed E-state index contributed by atoms with van der Waals surface area (Å²) in [5, 5.41) is 0. The molecule has 0 unspecified atom stereocenters. The zero-order valence-electron chi connectivity index (χ0n) is 16.8. The summed E-state index contributed by atoms with van der Waals surface area (Å²) in [7, 11) is 0. The Morgan fingerprint density at radius 2 is 0.538 bits per heavy atom. The maximum absolute atomic E-state index is 8.35. The summed E-state index contributed by atoms with van der Waals surface area (Å²) in [5.41, 5.74) is 0. The van der Waals surface area contributed by atoms with E-state index in [9.17, 15) is 0 Å². The number of piperidine rings is 4. The van der Waals surface area contributed by atoms with Crippen LogP contribution in [0.15, 0.2) is 0 Å². The quantitative estimate of drug-likeness (QED) is 0.591. The molecule has 0 atom stereocenters. The molecule has 4 rings (SSSR count). The van der Waals surface area contributed by atoms with Gasteiger partial charge in [-0.1, -0.05) is 0 Å². The molecule has 0 N–H and O–H groups in total. The van der Waals surface area contributed by atoms with E-state index in [0.717, 1.165) is 0 Å². The molecule has 0 radical (unpaired) electrons. The summed E-state index contributed by atoms with van der Waals surface area (Å²) in [6.45, 7) is 6.80. The molecule has 4 nitrogen and oxygen atoms in total. The maximum atomic E-state index is 8.35. The molecule has 0 spiro atoms. The Hall–Kier alpha value is 0.560. The van der Waals surface area contributed by atoms with Crippen molar-refractivity contribution < 1.29 is 0 Å². The van der Waals surface area contributed by atoms with Crippen LogP contribution in [0, 0.1) is 0 Å². The number of halogens is 1. The molecule has 0 saturated carbocycles. The minimum absolute atomic E-state index is 1.21. The van der Waals surface area contributed by atoms with Crippen molar-refractivity contribution in [2.24, 2.45) is 0 Å². The fourth-order valence-corrected chi connectivity index (χ4v) is 13.8. The monoisotopic (exact) mass is 402 g/mol. The van der Waals surface area contributed by atoms with Crippen molar-refractivity contribution in [2.75, 3.05) is 52.4 Å². The Kier molecular flexibility index (Phi) is 6.50. The van der Waals surface area contributed by atoms with Gasteiger partial charge in [0.2, 0.25) is 0 Å². The van der Waals surface area contributed by atoms with E-state index in [2.05, 4.69) is 18.7 Å². The van der Waals surface area contributed by atoms with Gasteiger partial charge in [0.25, 0.3) is 0 Å². The van der Waals surface area contributed by atoms with E-state index in [1.165, 1.54) is 129 Å². The predicted octanol–water partition coefficient (Wildman–Crippen LogP) is 5.30. The van der Waals surface area contributed by atoms with E-state index >= 15 is 0 Å². The number of hydrogen-bond donors (Lipinski definition) is 0. The molecule has 0 aromatic carbocycles. The van der Waals surface area contributed by atoms with Gasteiger partial charge in [-0.3, -0.25) is 0 Å². The molecule has 0 aromatic rings. The van der Waals surface area contributed by atoms with Gasteiger partial charge in [0.05, 0.1) is 0 Å². The second kappa shape index (κ2) is 8.51. The van der Waals surface area contributed by atoms with Crippen molar-refractivity contribution in [1.82, 2.24) is 18.7 Å². The fraction of sp³-hybridized carbons (Fsp3) is 1.00. The van der Waals surface area contributed by atoms with Gasteiger partial charge in [0, 0.05) is 0 Å². The van der Waals surface area contributed by atoms with Crippen LogP contribution in [0.4, 0.5) is 0 Å². The van der Waals surface area contributed by atoms with E-state index in [0.29, 0.717) is 0 Å². The van der Waals surface area contributed by atoms with Crippen LogP contribution < -0.4 is 0 Å². The Balaban J connectivity index is 1.79. The Labute approximate surface area is 166 Å². The van der Waals surface area contributed by atoms with E-state index in [1.54, 1.807) is 0 Å². The number of nitrogens with zero attached hydrogens (tertiary/aromatic N) is 4. The van der Waals surface area contributed by atoms with Crippen LogP contribution in [0.1, 0.15) is 77.0 Å². The first-order chi connectivity index (χ1) is 12.7. The molecule has 4 aliphatic heterocycles. The first kappa shape index (κ1) is 19.9. The van der Waals surface area contributed by atoms with E-state index < -0.39 is 6.56 Å². The third-order valence-corrected chi connectivity index (χ3v) is 15.3. The number of rotatable bonds is 4. The summed E-state index contributed by atoms with van der Waals surface area (Å²) in [4.78, 5) is 0. The van der Waals surface area contributed by atoms with Crippen LogP contribution in [0.3, 0.4) is 0 Å². The fourth-order valence-electron chi connectivity index (χ4n) is 5.96. The molecular formula is C20H40ClN4P. The van der Waals surface area contributed by atoms with Crippen LogP contribution in [0.25, 0.3) is 0 Å². The first-order valence-electron chi connectivity index (χ1n) is 11.5.